The van der Waals surface area contributed by atoms with E-state index in [2.05, 4.69) is 51.2 Å². The zero-order valence-corrected chi connectivity index (χ0v) is 14.5. The van der Waals surface area contributed by atoms with Crippen molar-refractivity contribution in [1.82, 2.24) is 19.2 Å². The lowest BCUT2D eigenvalue weighted by Gasteiger charge is -2.16. The van der Waals surface area contributed by atoms with Crippen molar-refractivity contribution in [2.45, 2.75) is 6.54 Å². The average Bonchev–Trinajstić information content (AvgIpc) is 3.10. The van der Waals surface area contributed by atoms with Crippen molar-refractivity contribution >= 4 is 50.8 Å². The third-order valence-corrected chi connectivity index (χ3v) is 5.11. The summed E-state index contributed by atoms with van der Waals surface area (Å²) in [6.45, 7) is 0.585. The van der Waals surface area contributed by atoms with Gasteiger partial charge in [-0.25, -0.2) is 0 Å². The second-order valence-corrected chi connectivity index (χ2v) is 6.82. The Labute approximate surface area is 153 Å². The average molecular weight is 367 g/mol. The van der Waals surface area contributed by atoms with E-state index in [4.69, 9.17) is 23.2 Å². The molecule has 0 aliphatic carbocycles. The molecule has 0 spiro atoms. The summed E-state index contributed by atoms with van der Waals surface area (Å²) in [5.74, 6) is 0.775. The minimum Gasteiger partial charge on any atom is -0.305 e. The van der Waals surface area contributed by atoms with Gasteiger partial charge in [0, 0.05) is 15.4 Å². The predicted molar refractivity (Wildman–Crippen MR) is 102 cm³/mol. The highest BCUT2D eigenvalue weighted by Crippen LogP contribution is 2.30. The van der Waals surface area contributed by atoms with Crippen molar-refractivity contribution in [2.24, 2.45) is 0 Å². The highest BCUT2D eigenvalue weighted by atomic mass is 35.5. The van der Waals surface area contributed by atoms with Gasteiger partial charge in [0.25, 0.3) is 0 Å². The van der Waals surface area contributed by atoms with Gasteiger partial charge in [0.1, 0.15) is 6.33 Å². The molecule has 2 aromatic heterocycles. The Kier molecular flexibility index (Phi) is 3.23. The van der Waals surface area contributed by atoms with E-state index in [1.165, 1.54) is 10.8 Å². The molecule has 0 fully saturated rings. The smallest absolute Gasteiger partial charge is 0.236 e. The Morgan fingerprint density at radius 1 is 0.920 bits per heavy atom. The van der Waals surface area contributed by atoms with Crippen LogP contribution in [-0.2, 0) is 6.54 Å². The number of aromatic nitrogens is 4. The van der Waals surface area contributed by atoms with Crippen molar-refractivity contribution in [3.05, 3.63) is 76.5 Å². The van der Waals surface area contributed by atoms with Crippen molar-refractivity contribution in [3.63, 3.8) is 0 Å². The van der Waals surface area contributed by atoms with Crippen molar-refractivity contribution in [1.29, 1.82) is 0 Å². The molecule has 0 N–H and O–H groups in total. The van der Waals surface area contributed by atoms with Crippen LogP contribution in [0.5, 0.6) is 0 Å². The molecule has 0 radical (unpaired) electrons. The maximum absolute atomic E-state index is 6.40. The van der Waals surface area contributed by atoms with Crippen LogP contribution < -0.4 is 0 Å². The maximum atomic E-state index is 6.40. The van der Waals surface area contributed by atoms with Crippen LogP contribution in [0.25, 0.3) is 27.6 Å². The summed E-state index contributed by atoms with van der Waals surface area (Å²) in [4.78, 5) is 0. The van der Waals surface area contributed by atoms with Crippen molar-refractivity contribution < 1.29 is 0 Å². The van der Waals surface area contributed by atoms with Crippen LogP contribution in [0, 0.1) is 0 Å². The summed E-state index contributed by atoms with van der Waals surface area (Å²) in [5, 5.41) is 12.1. The van der Waals surface area contributed by atoms with Gasteiger partial charge >= 0.3 is 0 Å². The molecule has 0 aliphatic rings. The van der Waals surface area contributed by atoms with Crippen LogP contribution in [0.15, 0.2) is 60.9 Å². The molecular formula is C19H12Cl2N4. The Balaban J connectivity index is 1.87. The summed E-state index contributed by atoms with van der Waals surface area (Å²) in [5.41, 5.74) is 3.17. The lowest BCUT2D eigenvalue weighted by atomic mass is 10.1. The molecule has 0 bridgehead atoms. The van der Waals surface area contributed by atoms with Crippen molar-refractivity contribution in [3.8, 4) is 0 Å². The Morgan fingerprint density at radius 3 is 2.52 bits per heavy atom. The lowest BCUT2D eigenvalue weighted by Crippen LogP contribution is -2.08. The summed E-state index contributed by atoms with van der Waals surface area (Å²) in [6.07, 6.45) is 1.75. The van der Waals surface area contributed by atoms with Crippen LogP contribution in [0.2, 0.25) is 10.0 Å². The fourth-order valence-electron chi connectivity index (χ4n) is 3.39. The second kappa shape index (κ2) is 5.48. The van der Waals surface area contributed by atoms with E-state index in [1.54, 1.807) is 12.4 Å². The SMILES string of the molecule is Clc1ccc(Cn2c3cccc4cccc(c43)n3cnnc23)c(Cl)c1. The molecule has 6 heteroatoms. The fourth-order valence-corrected chi connectivity index (χ4v) is 3.86. The molecule has 0 unspecified atom stereocenters. The first kappa shape index (κ1) is 14.8. The molecule has 0 saturated carbocycles. The monoisotopic (exact) mass is 366 g/mol. The lowest BCUT2D eigenvalue weighted by molar-refractivity contribution is 0.823. The largest absolute Gasteiger partial charge is 0.305 e. The van der Waals surface area contributed by atoms with E-state index in [0.717, 1.165) is 22.4 Å². The van der Waals surface area contributed by atoms with Crippen molar-refractivity contribution in [2.75, 3.05) is 0 Å². The normalized spacial score (nSPS) is 11.8. The number of hydrogen-bond acceptors (Lipinski definition) is 2. The molecule has 5 aromatic rings. The van der Waals surface area contributed by atoms with Gasteiger partial charge in [-0.15, -0.1) is 10.2 Å². The minimum atomic E-state index is 0.585. The van der Waals surface area contributed by atoms with Crippen LogP contribution in [-0.4, -0.2) is 19.2 Å². The molecule has 4 nitrogen and oxygen atoms in total. The molecular weight excluding hydrogens is 355 g/mol. The van der Waals surface area contributed by atoms with Gasteiger partial charge in [-0.1, -0.05) is 53.5 Å². The van der Waals surface area contributed by atoms with Gasteiger partial charge in [0.05, 0.1) is 17.6 Å². The highest BCUT2D eigenvalue weighted by Gasteiger charge is 2.14. The van der Waals surface area contributed by atoms with Gasteiger partial charge in [0.15, 0.2) is 0 Å². The Bertz CT molecular complexity index is 1250. The second-order valence-electron chi connectivity index (χ2n) is 5.98. The molecule has 0 atom stereocenters. The van der Waals surface area contributed by atoms with Gasteiger partial charge in [-0.3, -0.25) is 4.40 Å². The van der Waals surface area contributed by atoms with Gasteiger partial charge in [-0.2, -0.15) is 0 Å². The third kappa shape index (κ3) is 2.22. The Hall–Kier alpha value is -2.56. The summed E-state index contributed by atoms with van der Waals surface area (Å²) in [6, 6.07) is 18.1. The summed E-state index contributed by atoms with van der Waals surface area (Å²) in [7, 11) is 0. The highest BCUT2D eigenvalue weighted by molar-refractivity contribution is 6.35. The van der Waals surface area contributed by atoms with E-state index in [0.29, 0.717) is 16.6 Å². The quantitative estimate of drug-likeness (QED) is 0.430. The van der Waals surface area contributed by atoms with Crippen LogP contribution in [0.1, 0.15) is 5.56 Å². The van der Waals surface area contributed by atoms with Gasteiger partial charge < -0.3 is 4.57 Å². The number of fused-ring (bicyclic) bond motifs is 2. The number of benzene rings is 3. The molecule has 3 aromatic carbocycles. The molecule has 5 rings (SSSR count). The van der Waals surface area contributed by atoms with E-state index in [1.807, 2.05) is 16.5 Å². The number of hydrogen-bond donors (Lipinski definition) is 0. The number of halogens is 2. The molecule has 0 aliphatic heterocycles. The van der Waals surface area contributed by atoms with Crippen LogP contribution >= 0.6 is 23.2 Å². The maximum Gasteiger partial charge on any atom is 0.236 e. The standard InChI is InChI=1S/C19H12Cl2N4/c20-14-8-7-13(15(21)9-14)10-24-16-5-1-3-12-4-2-6-17(18(12)16)25-11-22-23-19(24)25/h1-9,11H,10H2. The van der Waals surface area contributed by atoms with Gasteiger partial charge in [0.2, 0.25) is 5.78 Å². The van der Waals surface area contributed by atoms with E-state index >= 15 is 0 Å². The van der Waals surface area contributed by atoms with Gasteiger partial charge in [-0.05, 0) is 35.2 Å². The summed E-state index contributed by atoms with van der Waals surface area (Å²) >= 11 is 12.4. The molecule has 122 valence electrons. The summed E-state index contributed by atoms with van der Waals surface area (Å²) < 4.78 is 4.15. The third-order valence-electron chi connectivity index (χ3n) is 4.53. The zero-order chi connectivity index (χ0) is 17.0. The molecule has 2 heterocycles. The zero-order valence-electron chi connectivity index (χ0n) is 13.0. The van der Waals surface area contributed by atoms with E-state index in [-0.39, 0.29) is 0 Å². The van der Waals surface area contributed by atoms with E-state index in [9.17, 15) is 0 Å². The number of nitrogens with zero attached hydrogens (tertiary/aromatic N) is 4. The topological polar surface area (TPSA) is 35.1 Å². The first-order valence-corrected chi connectivity index (χ1v) is 8.61. The minimum absolute atomic E-state index is 0.585. The first-order valence-electron chi connectivity index (χ1n) is 7.86. The number of rotatable bonds is 2. The van der Waals surface area contributed by atoms with E-state index < -0.39 is 0 Å². The molecule has 0 amide bonds. The Morgan fingerprint density at radius 2 is 1.72 bits per heavy atom. The predicted octanol–water partition coefficient (Wildman–Crippen LogP) is 5.19. The molecule has 0 saturated heterocycles. The molecule has 25 heavy (non-hydrogen) atoms. The first-order chi connectivity index (χ1) is 12.2. The van der Waals surface area contributed by atoms with Crippen LogP contribution in [0.4, 0.5) is 0 Å². The fraction of sp³-hybridized carbons (Fsp3) is 0.0526. The van der Waals surface area contributed by atoms with Crippen LogP contribution in [0.3, 0.4) is 0 Å².